The summed E-state index contributed by atoms with van der Waals surface area (Å²) >= 11 is 1.57. The van der Waals surface area contributed by atoms with Crippen molar-refractivity contribution in [3.05, 3.63) is 66.3 Å². The number of benzene rings is 2. The fourth-order valence-electron chi connectivity index (χ4n) is 2.55. The average Bonchev–Trinajstić information content (AvgIpc) is 3.15. The van der Waals surface area contributed by atoms with Gasteiger partial charge in [0.05, 0.1) is 11.3 Å². The Morgan fingerprint density at radius 2 is 1.84 bits per heavy atom. The van der Waals surface area contributed by atoms with Crippen molar-refractivity contribution < 1.29 is 4.52 Å². The smallest absolute Gasteiger partial charge is 0.237 e. The van der Waals surface area contributed by atoms with Crippen LogP contribution in [0.3, 0.4) is 0 Å². The summed E-state index contributed by atoms with van der Waals surface area (Å²) in [5.74, 6) is 1.77. The fourth-order valence-corrected chi connectivity index (χ4v) is 3.37. The van der Waals surface area contributed by atoms with Crippen LogP contribution in [-0.2, 0) is 12.2 Å². The van der Waals surface area contributed by atoms with Crippen LogP contribution in [0, 0.1) is 0 Å². The van der Waals surface area contributed by atoms with E-state index in [1.54, 1.807) is 18.1 Å². The third kappa shape index (κ3) is 3.39. The average molecular weight is 348 g/mol. The Kier molecular flexibility index (Phi) is 4.43. The Labute approximate surface area is 149 Å². The lowest BCUT2D eigenvalue weighted by atomic mass is 10.1. The minimum Gasteiger partial charge on any atom is -0.338 e. The molecule has 0 fully saturated rings. The second-order valence-electron chi connectivity index (χ2n) is 5.55. The van der Waals surface area contributed by atoms with Crippen LogP contribution in [0.2, 0.25) is 0 Å². The maximum atomic E-state index is 5.38. The van der Waals surface area contributed by atoms with Gasteiger partial charge >= 0.3 is 0 Å². The van der Waals surface area contributed by atoms with Gasteiger partial charge < -0.3 is 4.52 Å². The van der Waals surface area contributed by atoms with Gasteiger partial charge in [-0.25, -0.2) is 9.97 Å². The molecule has 4 rings (SSSR count). The van der Waals surface area contributed by atoms with Crippen molar-refractivity contribution in [2.75, 3.05) is 0 Å². The number of aromatic nitrogens is 4. The standard InChI is InChI=1S/C19H16N4OS/c1-2-13-7-9-14(10-8-13)18-22-17(24-23-18)11-25-19-15-5-3-4-6-16(15)20-12-21-19/h3-10,12H,2,11H2,1H3. The number of hydrogen-bond donors (Lipinski definition) is 0. The zero-order valence-electron chi connectivity index (χ0n) is 13.7. The molecule has 0 saturated carbocycles. The van der Waals surface area contributed by atoms with Crippen LogP contribution in [0.15, 0.2) is 64.4 Å². The number of hydrogen-bond acceptors (Lipinski definition) is 6. The summed E-state index contributed by atoms with van der Waals surface area (Å²) in [5, 5.41) is 6.03. The summed E-state index contributed by atoms with van der Waals surface area (Å²) in [5.41, 5.74) is 3.19. The molecule has 0 atom stereocenters. The summed E-state index contributed by atoms with van der Waals surface area (Å²) in [6.45, 7) is 2.13. The summed E-state index contributed by atoms with van der Waals surface area (Å²) in [6.07, 6.45) is 2.60. The Morgan fingerprint density at radius 3 is 2.68 bits per heavy atom. The van der Waals surface area contributed by atoms with Gasteiger partial charge in [-0.05, 0) is 18.1 Å². The predicted molar refractivity (Wildman–Crippen MR) is 98.2 cm³/mol. The van der Waals surface area contributed by atoms with Crippen LogP contribution in [0.25, 0.3) is 22.3 Å². The highest BCUT2D eigenvalue weighted by molar-refractivity contribution is 7.98. The number of rotatable bonds is 5. The summed E-state index contributed by atoms with van der Waals surface area (Å²) in [7, 11) is 0. The van der Waals surface area contributed by atoms with Gasteiger partial charge in [0.2, 0.25) is 11.7 Å². The monoisotopic (exact) mass is 348 g/mol. The number of aryl methyl sites for hydroxylation is 1. The number of nitrogens with zero attached hydrogens (tertiary/aromatic N) is 4. The maximum absolute atomic E-state index is 5.38. The SMILES string of the molecule is CCc1ccc(-c2noc(CSc3ncnc4ccccc34)n2)cc1. The second-order valence-corrected chi connectivity index (χ2v) is 6.51. The van der Waals surface area contributed by atoms with Crippen LogP contribution in [-0.4, -0.2) is 20.1 Å². The van der Waals surface area contributed by atoms with Crippen molar-refractivity contribution in [3.8, 4) is 11.4 Å². The van der Waals surface area contributed by atoms with Crippen LogP contribution >= 0.6 is 11.8 Å². The molecule has 2 heterocycles. The van der Waals surface area contributed by atoms with Crippen molar-refractivity contribution in [3.63, 3.8) is 0 Å². The molecule has 0 N–H and O–H groups in total. The third-order valence-electron chi connectivity index (χ3n) is 3.93. The normalized spacial score (nSPS) is 11.1. The Bertz CT molecular complexity index is 992. The van der Waals surface area contributed by atoms with E-state index in [2.05, 4.69) is 39.2 Å². The molecular formula is C19H16N4OS. The van der Waals surface area contributed by atoms with E-state index in [0.29, 0.717) is 17.5 Å². The Hall–Kier alpha value is -2.73. The number of fused-ring (bicyclic) bond motifs is 1. The zero-order chi connectivity index (χ0) is 17.1. The molecule has 0 amide bonds. The lowest BCUT2D eigenvalue weighted by molar-refractivity contribution is 0.391. The molecule has 0 aliphatic carbocycles. The van der Waals surface area contributed by atoms with Gasteiger partial charge in [0.25, 0.3) is 0 Å². The molecule has 0 bridgehead atoms. The van der Waals surface area contributed by atoms with E-state index in [0.717, 1.165) is 27.9 Å². The molecule has 0 aliphatic rings. The van der Waals surface area contributed by atoms with E-state index >= 15 is 0 Å². The van der Waals surface area contributed by atoms with Crippen molar-refractivity contribution in [1.82, 2.24) is 20.1 Å². The first kappa shape index (κ1) is 15.8. The second kappa shape index (κ2) is 7.03. The van der Waals surface area contributed by atoms with Crippen LogP contribution in [0.5, 0.6) is 0 Å². The molecule has 124 valence electrons. The van der Waals surface area contributed by atoms with Crippen molar-refractivity contribution in [1.29, 1.82) is 0 Å². The molecule has 0 saturated heterocycles. The largest absolute Gasteiger partial charge is 0.338 e. The maximum Gasteiger partial charge on any atom is 0.237 e. The third-order valence-corrected chi connectivity index (χ3v) is 4.92. The van der Waals surface area contributed by atoms with Gasteiger partial charge in [-0.3, -0.25) is 0 Å². The Balaban J connectivity index is 1.51. The van der Waals surface area contributed by atoms with Gasteiger partial charge in [-0.15, -0.1) is 0 Å². The summed E-state index contributed by atoms with van der Waals surface area (Å²) in [4.78, 5) is 13.1. The summed E-state index contributed by atoms with van der Waals surface area (Å²) < 4.78 is 5.38. The molecule has 4 aromatic rings. The van der Waals surface area contributed by atoms with Gasteiger partial charge in [-0.2, -0.15) is 4.98 Å². The minimum absolute atomic E-state index is 0.570. The molecule has 0 radical (unpaired) electrons. The topological polar surface area (TPSA) is 64.7 Å². The molecular weight excluding hydrogens is 332 g/mol. The van der Waals surface area contributed by atoms with Gasteiger partial charge in [0.15, 0.2) is 0 Å². The van der Waals surface area contributed by atoms with Crippen LogP contribution in [0.4, 0.5) is 0 Å². The van der Waals surface area contributed by atoms with E-state index in [1.165, 1.54) is 5.56 Å². The molecule has 5 nitrogen and oxygen atoms in total. The molecule has 2 aromatic heterocycles. The first-order valence-corrected chi connectivity index (χ1v) is 9.06. The molecule has 6 heteroatoms. The van der Waals surface area contributed by atoms with Crippen LogP contribution in [0.1, 0.15) is 18.4 Å². The molecule has 0 unspecified atom stereocenters. The van der Waals surface area contributed by atoms with Gasteiger partial charge in [0.1, 0.15) is 11.4 Å². The van der Waals surface area contributed by atoms with E-state index in [1.807, 2.05) is 36.4 Å². The van der Waals surface area contributed by atoms with Crippen LogP contribution < -0.4 is 0 Å². The number of para-hydroxylation sites is 1. The lowest BCUT2D eigenvalue weighted by Gasteiger charge is -2.02. The lowest BCUT2D eigenvalue weighted by Crippen LogP contribution is -1.88. The van der Waals surface area contributed by atoms with E-state index in [-0.39, 0.29) is 0 Å². The minimum atomic E-state index is 0.570. The first-order valence-electron chi connectivity index (χ1n) is 8.08. The van der Waals surface area contributed by atoms with Crippen molar-refractivity contribution in [2.24, 2.45) is 0 Å². The zero-order valence-corrected chi connectivity index (χ0v) is 14.5. The fraction of sp³-hybridized carbons (Fsp3) is 0.158. The Morgan fingerprint density at radius 1 is 1.00 bits per heavy atom. The molecule has 25 heavy (non-hydrogen) atoms. The molecule has 0 spiro atoms. The van der Waals surface area contributed by atoms with Crippen molar-refractivity contribution in [2.45, 2.75) is 24.1 Å². The molecule has 2 aromatic carbocycles. The quantitative estimate of drug-likeness (QED) is 0.390. The van der Waals surface area contributed by atoms with Gasteiger partial charge in [-0.1, -0.05) is 66.3 Å². The molecule has 0 aliphatic heterocycles. The highest BCUT2D eigenvalue weighted by Crippen LogP contribution is 2.27. The highest BCUT2D eigenvalue weighted by atomic mass is 32.2. The number of thioether (sulfide) groups is 1. The van der Waals surface area contributed by atoms with E-state index in [9.17, 15) is 0 Å². The van der Waals surface area contributed by atoms with Gasteiger partial charge in [0, 0.05) is 10.9 Å². The van der Waals surface area contributed by atoms with E-state index < -0.39 is 0 Å². The first-order chi connectivity index (χ1) is 12.3. The predicted octanol–water partition coefficient (Wildman–Crippen LogP) is 4.53. The van der Waals surface area contributed by atoms with Crippen molar-refractivity contribution >= 4 is 22.7 Å². The van der Waals surface area contributed by atoms with E-state index in [4.69, 9.17) is 4.52 Å². The summed E-state index contributed by atoms with van der Waals surface area (Å²) in [6, 6.07) is 16.2. The highest BCUT2D eigenvalue weighted by Gasteiger charge is 2.11.